The molecule has 3 aromatic rings. The molecule has 0 unspecified atom stereocenters. The highest BCUT2D eigenvalue weighted by Gasteiger charge is 2.05. The Bertz CT molecular complexity index is 819. The van der Waals surface area contributed by atoms with Gasteiger partial charge in [0.25, 0.3) is 0 Å². The molecular weight excluding hydrogens is 308 g/mol. The molecule has 0 aliphatic rings. The second-order valence-corrected chi connectivity index (χ2v) is 5.71. The summed E-state index contributed by atoms with van der Waals surface area (Å²) in [7, 11) is 0. The predicted octanol–water partition coefficient (Wildman–Crippen LogP) is 5.23. The molecule has 1 heterocycles. The van der Waals surface area contributed by atoms with E-state index < -0.39 is 0 Å². The van der Waals surface area contributed by atoms with Crippen LogP contribution in [0.25, 0.3) is 0 Å². The second kappa shape index (κ2) is 6.67. The zero-order valence-electron chi connectivity index (χ0n) is 13.0. The molecule has 0 fully saturated rings. The van der Waals surface area contributed by atoms with Crippen LogP contribution in [-0.2, 0) is 0 Å². The molecule has 0 radical (unpaired) electrons. The van der Waals surface area contributed by atoms with Crippen LogP contribution in [-0.4, -0.2) is 9.97 Å². The Balaban J connectivity index is 1.83. The third kappa shape index (κ3) is 3.99. The summed E-state index contributed by atoms with van der Waals surface area (Å²) in [5.74, 6) is 1.27. The Morgan fingerprint density at radius 2 is 1.61 bits per heavy atom. The van der Waals surface area contributed by atoms with Crippen LogP contribution in [0.5, 0.6) is 0 Å². The molecule has 3 rings (SSSR count). The van der Waals surface area contributed by atoms with E-state index in [1.54, 1.807) is 0 Å². The molecule has 0 bridgehead atoms. The fourth-order valence-electron chi connectivity index (χ4n) is 2.16. The lowest BCUT2D eigenvalue weighted by atomic mass is 10.2. The summed E-state index contributed by atoms with van der Waals surface area (Å²) in [6, 6.07) is 17.6. The van der Waals surface area contributed by atoms with Crippen molar-refractivity contribution in [1.82, 2.24) is 9.97 Å². The summed E-state index contributed by atoms with van der Waals surface area (Å²) in [6.07, 6.45) is 0. The fraction of sp³-hybridized carbons (Fsp3) is 0.111. The van der Waals surface area contributed by atoms with Gasteiger partial charge in [-0.3, -0.25) is 0 Å². The van der Waals surface area contributed by atoms with Gasteiger partial charge in [-0.25, -0.2) is 4.98 Å². The van der Waals surface area contributed by atoms with E-state index in [1.165, 1.54) is 0 Å². The lowest BCUT2D eigenvalue weighted by molar-refractivity contribution is 1.11. The third-order valence-electron chi connectivity index (χ3n) is 3.33. The second-order valence-electron chi connectivity index (χ2n) is 5.30. The Morgan fingerprint density at radius 1 is 0.826 bits per heavy atom. The van der Waals surface area contributed by atoms with Gasteiger partial charge < -0.3 is 10.6 Å². The molecular formula is C18H17ClN4. The van der Waals surface area contributed by atoms with Gasteiger partial charge in [-0.1, -0.05) is 35.9 Å². The van der Waals surface area contributed by atoms with E-state index in [9.17, 15) is 0 Å². The van der Waals surface area contributed by atoms with Crippen LogP contribution in [0.4, 0.5) is 23.1 Å². The molecule has 0 saturated carbocycles. The maximum Gasteiger partial charge on any atom is 0.229 e. The number of aromatic nitrogens is 2. The highest BCUT2D eigenvalue weighted by atomic mass is 35.5. The van der Waals surface area contributed by atoms with E-state index in [1.807, 2.05) is 68.4 Å². The third-order valence-corrected chi connectivity index (χ3v) is 3.74. The number of para-hydroxylation sites is 1. The minimum atomic E-state index is 0.531. The lowest BCUT2D eigenvalue weighted by Crippen LogP contribution is -2.02. The van der Waals surface area contributed by atoms with Crippen LogP contribution in [0.3, 0.4) is 0 Å². The van der Waals surface area contributed by atoms with Gasteiger partial charge in [0, 0.05) is 28.2 Å². The van der Waals surface area contributed by atoms with Crippen molar-refractivity contribution in [3.05, 3.63) is 70.9 Å². The SMILES string of the molecule is Cc1cc(Nc2ccccc2)nc(Nc2ccc(C)c(Cl)c2)n1. The van der Waals surface area contributed by atoms with Crippen molar-refractivity contribution < 1.29 is 0 Å². The molecule has 0 spiro atoms. The van der Waals surface area contributed by atoms with E-state index in [2.05, 4.69) is 20.6 Å². The predicted molar refractivity (Wildman–Crippen MR) is 96.0 cm³/mol. The van der Waals surface area contributed by atoms with Crippen molar-refractivity contribution in [3.8, 4) is 0 Å². The summed E-state index contributed by atoms with van der Waals surface area (Å²) >= 11 is 6.16. The Morgan fingerprint density at radius 3 is 2.35 bits per heavy atom. The van der Waals surface area contributed by atoms with E-state index in [4.69, 9.17) is 11.6 Å². The topological polar surface area (TPSA) is 49.8 Å². The Hall–Kier alpha value is -2.59. The van der Waals surface area contributed by atoms with Gasteiger partial charge in [0.05, 0.1) is 0 Å². The molecule has 4 nitrogen and oxygen atoms in total. The molecule has 0 aliphatic carbocycles. The number of rotatable bonds is 4. The standard InChI is InChI=1S/C18H17ClN4/c1-12-8-9-15(11-16(12)19)22-18-20-13(2)10-17(23-18)21-14-6-4-3-5-7-14/h3-11H,1-2H3,(H2,20,21,22,23). The molecule has 116 valence electrons. The number of nitrogens with one attached hydrogen (secondary N) is 2. The summed E-state index contributed by atoms with van der Waals surface area (Å²) < 4.78 is 0. The van der Waals surface area contributed by atoms with Crippen molar-refractivity contribution in [3.63, 3.8) is 0 Å². The van der Waals surface area contributed by atoms with Gasteiger partial charge in [0.1, 0.15) is 5.82 Å². The van der Waals surface area contributed by atoms with Crippen LogP contribution < -0.4 is 10.6 Å². The first kappa shape index (κ1) is 15.3. The minimum Gasteiger partial charge on any atom is -0.340 e. The smallest absolute Gasteiger partial charge is 0.229 e. The first-order valence-electron chi connectivity index (χ1n) is 7.31. The first-order chi connectivity index (χ1) is 11.1. The molecule has 5 heteroatoms. The van der Waals surface area contributed by atoms with Gasteiger partial charge in [0.2, 0.25) is 5.95 Å². The van der Waals surface area contributed by atoms with Gasteiger partial charge in [-0.15, -0.1) is 0 Å². The maximum atomic E-state index is 6.16. The largest absolute Gasteiger partial charge is 0.340 e. The Kier molecular flexibility index (Phi) is 4.44. The number of halogens is 1. The van der Waals surface area contributed by atoms with Gasteiger partial charge in [-0.05, 0) is 43.7 Å². The summed E-state index contributed by atoms with van der Waals surface area (Å²) in [4.78, 5) is 8.92. The number of hydrogen-bond donors (Lipinski definition) is 2. The molecule has 0 amide bonds. The summed E-state index contributed by atoms with van der Waals surface area (Å²) in [6.45, 7) is 3.91. The van der Waals surface area contributed by atoms with E-state index in [0.29, 0.717) is 11.0 Å². The zero-order chi connectivity index (χ0) is 16.2. The molecule has 2 N–H and O–H groups in total. The Labute approximate surface area is 140 Å². The normalized spacial score (nSPS) is 10.4. The van der Waals surface area contributed by atoms with Crippen molar-refractivity contribution in [2.24, 2.45) is 0 Å². The van der Waals surface area contributed by atoms with Crippen LogP contribution in [0.2, 0.25) is 5.02 Å². The number of aryl methyl sites for hydroxylation is 2. The van der Waals surface area contributed by atoms with Gasteiger partial charge in [0.15, 0.2) is 0 Å². The van der Waals surface area contributed by atoms with E-state index in [-0.39, 0.29) is 0 Å². The minimum absolute atomic E-state index is 0.531. The van der Waals surface area contributed by atoms with Gasteiger partial charge in [-0.2, -0.15) is 4.98 Å². The number of nitrogens with zero attached hydrogens (tertiary/aromatic N) is 2. The molecule has 23 heavy (non-hydrogen) atoms. The van der Waals surface area contributed by atoms with E-state index in [0.717, 1.165) is 28.5 Å². The summed E-state index contributed by atoms with van der Waals surface area (Å²) in [5.41, 5.74) is 3.75. The molecule has 1 aromatic heterocycles. The van der Waals surface area contributed by atoms with Crippen molar-refractivity contribution >= 4 is 34.7 Å². The van der Waals surface area contributed by atoms with Gasteiger partial charge >= 0.3 is 0 Å². The maximum absolute atomic E-state index is 6.16. The summed E-state index contributed by atoms with van der Waals surface area (Å²) in [5, 5.41) is 7.18. The average molecular weight is 325 g/mol. The highest BCUT2D eigenvalue weighted by molar-refractivity contribution is 6.31. The number of hydrogen-bond acceptors (Lipinski definition) is 4. The zero-order valence-corrected chi connectivity index (χ0v) is 13.7. The number of benzene rings is 2. The highest BCUT2D eigenvalue weighted by Crippen LogP contribution is 2.23. The lowest BCUT2D eigenvalue weighted by Gasteiger charge is -2.10. The molecule has 0 aliphatic heterocycles. The van der Waals surface area contributed by atoms with E-state index >= 15 is 0 Å². The van der Waals surface area contributed by atoms with Crippen LogP contribution in [0.1, 0.15) is 11.3 Å². The average Bonchev–Trinajstić information content (AvgIpc) is 2.51. The van der Waals surface area contributed by atoms with Crippen molar-refractivity contribution in [2.75, 3.05) is 10.6 Å². The molecule has 0 saturated heterocycles. The van der Waals surface area contributed by atoms with Crippen LogP contribution in [0.15, 0.2) is 54.6 Å². The quantitative estimate of drug-likeness (QED) is 0.689. The molecule has 2 aromatic carbocycles. The first-order valence-corrected chi connectivity index (χ1v) is 7.69. The van der Waals surface area contributed by atoms with Crippen LogP contribution >= 0.6 is 11.6 Å². The van der Waals surface area contributed by atoms with Crippen LogP contribution in [0, 0.1) is 13.8 Å². The van der Waals surface area contributed by atoms with Crippen molar-refractivity contribution in [2.45, 2.75) is 13.8 Å². The monoisotopic (exact) mass is 324 g/mol. The van der Waals surface area contributed by atoms with Crippen molar-refractivity contribution in [1.29, 1.82) is 0 Å². The molecule has 0 atom stereocenters. The fourth-order valence-corrected chi connectivity index (χ4v) is 2.34. The number of anilines is 4.